The van der Waals surface area contributed by atoms with Crippen molar-refractivity contribution in [2.24, 2.45) is 5.41 Å². The summed E-state index contributed by atoms with van der Waals surface area (Å²) in [4.78, 5) is 0. The first kappa shape index (κ1) is 13.7. The Labute approximate surface area is 114 Å². The number of aromatic nitrogens is 3. The Morgan fingerprint density at radius 2 is 1.89 bits per heavy atom. The van der Waals surface area contributed by atoms with Gasteiger partial charge in [0.2, 0.25) is 0 Å². The molecule has 4 heteroatoms. The molecule has 0 aliphatic rings. The maximum atomic E-state index is 4.25. The number of nitrogens with one attached hydrogen (secondary N) is 2. The summed E-state index contributed by atoms with van der Waals surface area (Å²) < 4.78 is 0. The summed E-state index contributed by atoms with van der Waals surface area (Å²) in [5, 5.41) is 14.7. The Hall–Kier alpha value is -1.68. The fourth-order valence-corrected chi connectivity index (χ4v) is 1.85. The molecule has 0 atom stereocenters. The van der Waals surface area contributed by atoms with Gasteiger partial charge in [-0.25, -0.2) is 0 Å². The average molecular weight is 258 g/mol. The van der Waals surface area contributed by atoms with Crippen LogP contribution < -0.4 is 5.32 Å². The first-order valence-electron chi connectivity index (χ1n) is 6.78. The van der Waals surface area contributed by atoms with Crippen molar-refractivity contribution in [2.75, 3.05) is 6.54 Å². The predicted octanol–water partition coefficient (Wildman–Crippen LogP) is 3.00. The zero-order valence-corrected chi connectivity index (χ0v) is 11.9. The minimum atomic E-state index is 0.316. The summed E-state index contributed by atoms with van der Waals surface area (Å²) >= 11 is 0. The maximum Gasteiger partial charge on any atom is 0.117 e. The third kappa shape index (κ3) is 3.64. The molecule has 0 unspecified atom stereocenters. The molecule has 0 bridgehead atoms. The molecule has 0 saturated carbocycles. The number of hydrogen-bond acceptors (Lipinski definition) is 3. The fraction of sp³-hybridized carbons (Fsp3) is 0.467. The van der Waals surface area contributed by atoms with Crippen molar-refractivity contribution in [2.45, 2.75) is 33.7 Å². The van der Waals surface area contributed by atoms with Crippen molar-refractivity contribution in [3.8, 4) is 11.3 Å². The topological polar surface area (TPSA) is 53.6 Å². The van der Waals surface area contributed by atoms with Crippen LogP contribution in [-0.4, -0.2) is 22.0 Å². The zero-order chi connectivity index (χ0) is 13.7. The Bertz CT molecular complexity index is 502. The number of rotatable bonds is 6. The third-order valence-electron chi connectivity index (χ3n) is 3.52. The van der Waals surface area contributed by atoms with Gasteiger partial charge < -0.3 is 5.32 Å². The van der Waals surface area contributed by atoms with Gasteiger partial charge in [0.1, 0.15) is 11.4 Å². The summed E-state index contributed by atoms with van der Waals surface area (Å²) in [6.45, 7) is 8.46. The van der Waals surface area contributed by atoms with Crippen LogP contribution in [0.3, 0.4) is 0 Å². The highest BCUT2D eigenvalue weighted by Gasteiger charge is 2.15. The third-order valence-corrected chi connectivity index (χ3v) is 3.52. The lowest BCUT2D eigenvalue weighted by molar-refractivity contribution is 0.327. The lowest BCUT2D eigenvalue weighted by Crippen LogP contribution is -2.28. The Morgan fingerprint density at radius 3 is 2.58 bits per heavy atom. The van der Waals surface area contributed by atoms with Gasteiger partial charge in [-0.05, 0) is 11.8 Å². The van der Waals surface area contributed by atoms with E-state index in [1.54, 1.807) is 0 Å². The van der Waals surface area contributed by atoms with Crippen molar-refractivity contribution in [3.05, 3.63) is 36.0 Å². The second-order valence-electron chi connectivity index (χ2n) is 5.61. The molecule has 102 valence electrons. The average Bonchev–Trinajstić information content (AvgIpc) is 2.88. The van der Waals surface area contributed by atoms with Crippen LogP contribution >= 0.6 is 0 Å². The Morgan fingerprint density at radius 1 is 1.16 bits per heavy atom. The molecule has 0 aliphatic heterocycles. The molecule has 1 aromatic carbocycles. The molecule has 0 radical (unpaired) electrons. The van der Waals surface area contributed by atoms with E-state index in [0.29, 0.717) is 5.41 Å². The van der Waals surface area contributed by atoms with Crippen LogP contribution in [0.2, 0.25) is 0 Å². The summed E-state index contributed by atoms with van der Waals surface area (Å²) in [6, 6.07) is 10.1. The highest BCUT2D eigenvalue weighted by molar-refractivity contribution is 5.60. The van der Waals surface area contributed by atoms with E-state index in [-0.39, 0.29) is 0 Å². The summed E-state index contributed by atoms with van der Waals surface area (Å²) in [5.74, 6) is 0. The molecular weight excluding hydrogens is 236 g/mol. The van der Waals surface area contributed by atoms with Gasteiger partial charge in [0.05, 0.1) is 0 Å². The molecule has 4 nitrogen and oxygen atoms in total. The van der Waals surface area contributed by atoms with E-state index in [0.717, 1.165) is 36.5 Å². The molecule has 0 aliphatic carbocycles. The highest BCUT2D eigenvalue weighted by atomic mass is 15.3. The second-order valence-corrected chi connectivity index (χ2v) is 5.61. The van der Waals surface area contributed by atoms with Gasteiger partial charge in [-0.1, -0.05) is 51.1 Å². The predicted molar refractivity (Wildman–Crippen MR) is 77.6 cm³/mol. The SMILES string of the molecule is CCC(C)(C)CNCc1n[nH]nc1-c1ccccc1. The van der Waals surface area contributed by atoms with Gasteiger partial charge in [0.15, 0.2) is 0 Å². The van der Waals surface area contributed by atoms with E-state index >= 15 is 0 Å². The Kier molecular flexibility index (Phi) is 4.32. The summed E-state index contributed by atoms with van der Waals surface area (Å²) in [5.41, 5.74) is 3.32. The largest absolute Gasteiger partial charge is 0.311 e. The van der Waals surface area contributed by atoms with Crippen LogP contribution in [0.1, 0.15) is 32.9 Å². The minimum Gasteiger partial charge on any atom is -0.311 e. The fourth-order valence-electron chi connectivity index (χ4n) is 1.85. The number of aromatic amines is 1. The standard InChI is InChI=1S/C15H22N4/c1-4-15(2,3)11-16-10-13-14(18-19-17-13)12-8-6-5-7-9-12/h5-9,16H,4,10-11H2,1-3H3,(H,17,18,19). The van der Waals surface area contributed by atoms with Crippen molar-refractivity contribution in [1.29, 1.82) is 0 Å². The van der Waals surface area contributed by atoms with Gasteiger partial charge in [-0.3, -0.25) is 0 Å². The van der Waals surface area contributed by atoms with Gasteiger partial charge in [0, 0.05) is 18.7 Å². The van der Waals surface area contributed by atoms with Crippen LogP contribution in [0.15, 0.2) is 30.3 Å². The lowest BCUT2D eigenvalue weighted by atomic mass is 9.90. The van der Waals surface area contributed by atoms with E-state index in [4.69, 9.17) is 0 Å². The normalized spacial score (nSPS) is 11.7. The van der Waals surface area contributed by atoms with E-state index < -0.39 is 0 Å². The van der Waals surface area contributed by atoms with Crippen molar-refractivity contribution < 1.29 is 0 Å². The summed E-state index contributed by atoms with van der Waals surface area (Å²) in [6.07, 6.45) is 1.16. The number of nitrogens with zero attached hydrogens (tertiary/aromatic N) is 2. The Balaban J connectivity index is 2.01. The smallest absolute Gasteiger partial charge is 0.117 e. The number of hydrogen-bond donors (Lipinski definition) is 2. The van der Waals surface area contributed by atoms with Crippen molar-refractivity contribution in [3.63, 3.8) is 0 Å². The van der Waals surface area contributed by atoms with Crippen LogP contribution in [0.25, 0.3) is 11.3 Å². The number of H-pyrrole nitrogens is 1. The zero-order valence-electron chi connectivity index (χ0n) is 11.9. The summed E-state index contributed by atoms with van der Waals surface area (Å²) in [7, 11) is 0. The van der Waals surface area contributed by atoms with E-state index in [1.165, 1.54) is 0 Å². The van der Waals surface area contributed by atoms with Crippen molar-refractivity contribution >= 4 is 0 Å². The van der Waals surface area contributed by atoms with Crippen LogP contribution in [0, 0.1) is 5.41 Å². The first-order valence-corrected chi connectivity index (χ1v) is 6.78. The molecule has 2 aromatic rings. The molecule has 1 aromatic heterocycles. The van der Waals surface area contributed by atoms with Crippen LogP contribution in [-0.2, 0) is 6.54 Å². The van der Waals surface area contributed by atoms with Gasteiger partial charge in [-0.15, -0.1) is 0 Å². The monoisotopic (exact) mass is 258 g/mol. The van der Waals surface area contributed by atoms with E-state index in [9.17, 15) is 0 Å². The molecular formula is C15H22N4. The number of benzene rings is 1. The maximum absolute atomic E-state index is 4.25. The molecule has 2 rings (SSSR count). The van der Waals surface area contributed by atoms with Crippen LogP contribution in [0.5, 0.6) is 0 Å². The molecule has 0 amide bonds. The highest BCUT2D eigenvalue weighted by Crippen LogP contribution is 2.20. The van der Waals surface area contributed by atoms with E-state index in [1.807, 2.05) is 18.2 Å². The molecule has 0 spiro atoms. The molecule has 1 heterocycles. The van der Waals surface area contributed by atoms with Crippen LogP contribution in [0.4, 0.5) is 0 Å². The van der Waals surface area contributed by atoms with Gasteiger partial charge >= 0.3 is 0 Å². The second kappa shape index (κ2) is 5.97. The molecule has 19 heavy (non-hydrogen) atoms. The first-order chi connectivity index (χ1) is 9.12. The lowest BCUT2D eigenvalue weighted by Gasteiger charge is -2.22. The van der Waals surface area contributed by atoms with Gasteiger partial charge in [-0.2, -0.15) is 15.4 Å². The molecule has 0 saturated heterocycles. The van der Waals surface area contributed by atoms with Gasteiger partial charge in [0.25, 0.3) is 0 Å². The minimum absolute atomic E-state index is 0.316. The molecule has 2 N–H and O–H groups in total. The van der Waals surface area contributed by atoms with E-state index in [2.05, 4.69) is 53.6 Å². The van der Waals surface area contributed by atoms with Crippen molar-refractivity contribution in [1.82, 2.24) is 20.7 Å². The molecule has 0 fully saturated rings. The quantitative estimate of drug-likeness (QED) is 0.837.